The van der Waals surface area contributed by atoms with Gasteiger partial charge in [0.1, 0.15) is 0 Å². The van der Waals surface area contributed by atoms with Crippen LogP contribution in [0.5, 0.6) is 0 Å². The van der Waals surface area contributed by atoms with Crippen LogP contribution in [0.3, 0.4) is 0 Å². The molecule has 0 N–H and O–H groups in total. The predicted molar refractivity (Wildman–Crippen MR) is 79.2 cm³/mol. The molecule has 18 heavy (non-hydrogen) atoms. The molecule has 0 aromatic heterocycles. The van der Waals surface area contributed by atoms with Crippen molar-refractivity contribution < 1.29 is 0 Å². The van der Waals surface area contributed by atoms with E-state index in [0.29, 0.717) is 0 Å². The second-order valence-electron chi connectivity index (χ2n) is 4.80. The summed E-state index contributed by atoms with van der Waals surface area (Å²) in [5.74, 6) is 0. The minimum atomic E-state index is 1.02. The maximum absolute atomic E-state index is 4.24. The molecule has 0 heteroatoms. The number of allylic oxidation sites excluding steroid dienone is 2. The van der Waals surface area contributed by atoms with Gasteiger partial charge >= 0.3 is 0 Å². The summed E-state index contributed by atoms with van der Waals surface area (Å²) < 4.78 is 0. The van der Waals surface area contributed by atoms with Crippen molar-refractivity contribution >= 4 is 11.1 Å². The molecule has 88 valence electrons. The zero-order valence-corrected chi connectivity index (χ0v) is 10.4. The van der Waals surface area contributed by atoms with Crippen LogP contribution >= 0.6 is 0 Å². The molecule has 0 aliphatic heterocycles. The molecule has 0 saturated heterocycles. The molecular weight excluding hydrogens is 216 g/mol. The minimum Gasteiger partial charge on any atom is -0.0952 e. The quantitative estimate of drug-likeness (QED) is 0.636. The molecule has 0 amide bonds. The predicted octanol–water partition coefficient (Wildman–Crippen LogP) is 5.17. The normalized spacial score (nSPS) is 14.4. The van der Waals surface area contributed by atoms with Crippen LogP contribution < -0.4 is 0 Å². The molecule has 1 aliphatic carbocycles. The van der Waals surface area contributed by atoms with E-state index in [2.05, 4.69) is 55.6 Å². The second-order valence-corrected chi connectivity index (χ2v) is 4.80. The lowest BCUT2D eigenvalue weighted by Gasteiger charge is -2.23. The van der Waals surface area contributed by atoms with Gasteiger partial charge < -0.3 is 0 Å². The van der Waals surface area contributed by atoms with E-state index >= 15 is 0 Å². The summed E-state index contributed by atoms with van der Waals surface area (Å²) in [6.07, 6.45) is 2.06. The minimum absolute atomic E-state index is 1.02. The number of fused-ring (bicyclic) bond motifs is 1. The Morgan fingerprint density at radius 1 is 0.667 bits per heavy atom. The Morgan fingerprint density at radius 3 is 2.11 bits per heavy atom. The third-order valence-corrected chi connectivity index (χ3v) is 3.61. The summed E-state index contributed by atoms with van der Waals surface area (Å²) in [6.45, 7) is 8.42. The van der Waals surface area contributed by atoms with Crippen LogP contribution in [0.25, 0.3) is 22.3 Å². The monoisotopic (exact) mass is 232 g/mol. The van der Waals surface area contributed by atoms with Crippen molar-refractivity contribution in [2.75, 3.05) is 0 Å². The second kappa shape index (κ2) is 4.30. The van der Waals surface area contributed by atoms with Gasteiger partial charge in [-0.1, -0.05) is 61.7 Å². The third-order valence-electron chi connectivity index (χ3n) is 3.61. The van der Waals surface area contributed by atoms with Gasteiger partial charge in [-0.3, -0.25) is 0 Å². The maximum Gasteiger partial charge on any atom is -0.00765 e. The van der Waals surface area contributed by atoms with Crippen molar-refractivity contribution in [1.29, 1.82) is 0 Å². The molecule has 0 saturated carbocycles. The first-order chi connectivity index (χ1) is 8.77. The summed E-state index contributed by atoms with van der Waals surface area (Å²) >= 11 is 0. The van der Waals surface area contributed by atoms with Crippen molar-refractivity contribution in [1.82, 2.24) is 0 Å². The van der Waals surface area contributed by atoms with E-state index in [9.17, 15) is 0 Å². The highest BCUT2D eigenvalue weighted by Gasteiger charge is 2.19. The summed E-state index contributed by atoms with van der Waals surface area (Å²) in [5, 5.41) is 0. The van der Waals surface area contributed by atoms with E-state index in [4.69, 9.17) is 0 Å². The maximum atomic E-state index is 4.24. The SMILES string of the molecule is C=C1CCC(=C)c2c1cccc2-c1ccccc1. The Labute approximate surface area is 108 Å². The Hall–Kier alpha value is -2.08. The summed E-state index contributed by atoms with van der Waals surface area (Å²) in [6, 6.07) is 17.0. The zero-order valence-electron chi connectivity index (χ0n) is 10.4. The standard InChI is InChI=1S/C18H16/c1-13-11-12-14(2)18-16(13)9-6-10-17(18)15-7-4-3-5-8-15/h3-10H,1-2,11-12H2. The van der Waals surface area contributed by atoms with Crippen molar-refractivity contribution in [3.05, 3.63) is 72.8 Å². The number of rotatable bonds is 1. The molecule has 2 aromatic rings. The third kappa shape index (κ3) is 1.70. The van der Waals surface area contributed by atoms with Crippen molar-refractivity contribution in [3.8, 4) is 11.1 Å². The summed E-state index contributed by atoms with van der Waals surface area (Å²) in [5.41, 5.74) is 7.56. The first-order valence-electron chi connectivity index (χ1n) is 6.32. The molecule has 0 spiro atoms. The first-order valence-corrected chi connectivity index (χ1v) is 6.32. The number of hydrogen-bond acceptors (Lipinski definition) is 0. The van der Waals surface area contributed by atoms with E-state index in [0.717, 1.165) is 12.8 Å². The number of benzene rings is 2. The van der Waals surface area contributed by atoms with Gasteiger partial charge in [0.05, 0.1) is 0 Å². The summed E-state index contributed by atoms with van der Waals surface area (Å²) in [7, 11) is 0. The molecule has 0 heterocycles. The molecular formula is C18H16. The van der Waals surface area contributed by atoms with Gasteiger partial charge in [0.2, 0.25) is 0 Å². The van der Waals surface area contributed by atoms with Crippen LogP contribution in [-0.4, -0.2) is 0 Å². The van der Waals surface area contributed by atoms with Crippen LogP contribution in [0.15, 0.2) is 61.7 Å². The lowest BCUT2D eigenvalue weighted by Crippen LogP contribution is -2.01. The van der Waals surface area contributed by atoms with Gasteiger partial charge in [0.15, 0.2) is 0 Å². The molecule has 0 radical (unpaired) electrons. The highest BCUT2D eigenvalue weighted by Crippen LogP contribution is 2.41. The molecule has 0 atom stereocenters. The number of hydrogen-bond donors (Lipinski definition) is 0. The molecule has 0 bridgehead atoms. The average molecular weight is 232 g/mol. The Kier molecular flexibility index (Phi) is 2.64. The summed E-state index contributed by atoms with van der Waals surface area (Å²) in [4.78, 5) is 0. The fourth-order valence-electron chi connectivity index (χ4n) is 2.65. The fraction of sp³-hybridized carbons (Fsp3) is 0.111. The fourth-order valence-corrected chi connectivity index (χ4v) is 2.65. The molecule has 0 nitrogen and oxygen atoms in total. The van der Waals surface area contributed by atoms with Gasteiger partial charge in [-0.25, -0.2) is 0 Å². The zero-order chi connectivity index (χ0) is 12.5. The van der Waals surface area contributed by atoms with Gasteiger partial charge in [-0.15, -0.1) is 0 Å². The van der Waals surface area contributed by atoms with Gasteiger partial charge in [-0.05, 0) is 46.2 Å². The lowest BCUT2D eigenvalue weighted by atomic mass is 9.81. The van der Waals surface area contributed by atoms with E-state index < -0.39 is 0 Å². The van der Waals surface area contributed by atoms with Crippen LogP contribution in [-0.2, 0) is 0 Å². The van der Waals surface area contributed by atoms with E-state index in [1.165, 1.54) is 33.4 Å². The van der Waals surface area contributed by atoms with E-state index in [1.54, 1.807) is 0 Å². The largest absolute Gasteiger partial charge is 0.0952 e. The smallest absolute Gasteiger partial charge is 0.00765 e. The Balaban J connectivity index is 2.26. The van der Waals surface area contributed by atoms with Gasteiger partial charge in [0, 0.05) is 0 Å². The van der Waals surface area contributed by atoms with Gasteiger partial charge in [-0.2, -0.15) is 0 Å². The van der Waals surface area contributed by atoms with Crippen LogP contribution in [0.1, 0.15) is 24.0 Å². The molecule has 3 rings (SSSR count). The van der Waals surface area contributed by atoms with Crippen molar-refractivity contribution in [2.24, 2.45) is 0 Å². The van der Waals surface area contributed by atoms with E-state index in [1.807, 2.05) is 6.07 Å². The topological polar surface area (TPSA) is 0 Å². The first kappa shape index (κ1) is 11.0. The highest BCUT2D eigenvalue weighted by atomic mass is 14.2. The van der Waals surface area contributed by atoms with E-state index in [-0.39, 0.29) is 0 Å². The Morgan fingerprint density at radius 2 is 1.33 bits per heavy atom. The van der Waals surface area contributed by atoms with Crippen molar-refractivity contribution in [3.63, 3.8) is 0 Å². The van der Waals surface area contributed by atoms with Gasteiger partial charge in [0.25, 0.3) is 0 Å². The Bertz CT molecular complexity index is 618. The average Bonchev–Trinajstić information content (AvgIpc) is 2.43. The van der Waals surface area contributed by atoms with Crippen LogP contribution in [0, 0.1) is 0 Å². The molecule has 1 aliphatic rings. The lowest BCUT2D eigenvalue weighted by molar-refractivity contribution is 1.06. The highest BCUT2D eigenvalue weighted by molar-refractivity contribution is 5.91. The molecule has 0 unspecified atom stereocenters. The molecule has 0 fully saturated rings. The van der Waals surface area contributed by atoms with Crippen LogP contribution in [0.2, 0.25) is 0 Å². The molecule has 2 aromatic carbocycles. The van der Waals surface area contributed by atoms with Crippen molar-refractivity contribution in [2.45, 2.75) is 12.8 Å². The van der Waals surface area contributed by atoms with Crippen LogP contribution in [0.4, 0.5) is 0 Å².